The molecule has 0 spiro atoms. The highest BCUT2D eigenvalue weighted by Gasteiger charge is 2.18. The molecule has 0 radical (unpaired) electrons. The Morgan fingerprint density at radius 2 is 1.92 bits per heavy atom. The number of amides is 1. The van der Waals surface area contributed by atoms with Crippen LogP contribution in [-0.4, -0.2) is 41.7 Å². The van der Waals surface area contributed by atoms with Crippen molar-refractivity contribution in [3.8, 4) is 5.75 Å². The molecular formula is C17H19ClN2O5S. The fraction of sp³-hybridized carbons (Fsp3) is 0.235. The minimum atomic E-state index is -3.94. The number of carbonyl (C=O) groups is 1. The Kier molecular flexibility index (Phi) is 6.84. The summed E-state index contributed by atoms with van der Waals surface area (Å²) in [7, 11) is -0.992. The van der Waals surface area contributed by atoms with Crippen LogP contribution in [-0.2, 0) is 14.8 Å². The van der Waals surface area contributed by atoms with Gasteiger partial charge in [0.25, 0.3) is 15.9 Å². The maximum Gasteiger partial charge on any atom is 0.262 e. The molecule has 0 aliphatic rings. The number of ether oxygens (including phenoxy) is 2. The molecular weight excluding hydrogens is 380 g/mol. The molecule has 2 aromatic carbocycles. The van der Waals surface area contributed by atoms with Crippen LogP contribution in [0.25, 0.3) is 0 Å². The minimum absolute atomic E-state index is 0.0566. The van der Waals surface area contributed by atoms with Gasteiger partial charge in [-0.05, 0) is 36.4 Å². The minimum Gasteiger partial charge on any atom is -0.495 e. The van der Waals surface area contributed by atoms with E-state index < -0.39 is 10.0 Å². The second-order valence-electron chi connectivity index (χ2n) is 5.23. The Hall–Kier alpha value is -2.29. The molecule has 0 saturated heterocycles. The largest absolute Gasteiger partial charge is 0.495 e. The van der Waals surface area contributed by atoms with Crippen molar-refractivity contribution in [2.45, 2.75) is 4.90 Å². The van der Waals surface area contributed by atoms with Crippen molar-refractivity contribution >= 4 is 33.2 Å². The number of nitrogens with one attached hydrogen (secondary N) is 2. The summed E-state index contributed by atoms with van der Waals surface area (Å²) in [6, 6.07) is 10.3. The maximum absolute atomic E-state index is 12.7. The highest BCUT2D eigenvalue weighted by molar-refractivity contribution is 7.92. The molecule has 0 saturated carbocycles. The first kappa shape index (κ1) is 20.0. The second kappa shape index (κ2) is 8.88. The van der Waals surface area contributed by atoms with Crippen LogP contribution in [0.2, 0.25) is 5.02 Å². The van der Waals surface area contributed by atoms with Crippen molar-refractivity contribution in [1.29, 1.82) is 0 Å². The molecule has 7 nitrogen and oxygen atoms in total. The second-order valence-corrected chi connectivity index (χ2v) is 7.35. The molecule has 0 heterocycles. The van der Waals surface area contributed by atoms with Crippen LogP contribution in [0.4, 0.5) is 5.69 Å². The average Bonchev–Trinajstić information content (AvgIpc) is 2.62. The molecule has 2 N–H and O–H groups in total. The number of carbonyl (C=O) groups excluding carboxylic acids is 1. The van der Waals surface area contributed by atoms with Crippen LogP contribution in [0.15, 0.2) is 47.4 Å². The van der Waals surface area contributed by atoms with Crippen LogP contribution in [0.1, 0.15) is 10.4 Å². The third-order valence-electron chi connectivity index (χ3n) is 3.40. The van der Waals surface area contributed by atoms with E-state index in [1.807, 2.05) is 0 Å². The molecule has 0 fully saturated rings. The van der Waals surface area contributed by atoms with Gasteiger partial charge < -0.3 is 14.8 Å². The quantitative estimate of drug-likeness (QED) is 0.666. The van der Waals surface area contributed by atoms with E-state index in [-0.39, 0.29) is 22.1 Å². The van der Waals surface area contributed by atoms with E-state index in [0.29, 0.717) is 23.9 Å². The molecule has 2 aromatic rings. The summed E-state index contributed by atoms with van der Waals surface area (Å²) in [4.78, 5) is 12.0. The Morgan fingerprint density at radius 3 is 2.62 bits per heavy atom. The van der Waals surface area contributed by atoms with Crippen LogP contribution in [0.3, 0.4) is 0 Å². The predicted octanol–water partition coefficient (Wildman–Crippen LogP) is 2.53. The zero-order valence-corrected chi connectivity index (χ0v) is 15.9. The Balaban J connectivity index is 2.26. The van der Waals surface area contributed by atoms with E-state index in [9.17, 15) is 13.2 Å². The zero-order valence-electron chi connectivity index (χ0n) is 14.3. The van der Waals surface area contributed by atoms with Gasteiger partial charge in [-0.3, -0.25) is 9.52 Å². The normalized spacial score (nSPS) is 11.0. The van der Waals surface area contributed by atoms with Crippen molar-refractivity contribution < 1.29 is 22.7 Å². The molecule has 0 atom stereocenters. The molecule has 0 aliphatic carbocycles. The summed E-state index contributed by atoms with van der Waals surface area (Å²) >= 11 is 5.92. The number of hydrogen-bond acceptors (Lipinski definition) is 5. The van der Waals surface area contributed by atoms with E-state index in [0.717, 1.165) is 0 Å². The number of anilines is 1. The van der Waals surface area contributed by atoms with Gasteiger partial charge in [0.15, 0.2) is 0 Å². The summed E-state index contributed by atoms with van der Waals surface area (Å²) in [5, 5.41) is 2.99. The topological polar surface area (TPSA) is 93.7 Å². The number of rotatable bonds is 8. The molecule has 26 heavy (non-hydrogen) atoms. The van der Waals surface area contributed by atoms with Crippen molar-refractivity contribution in [2.75, 3.05) is 32.1 Å². The molecule has 9 heteroatoms. The first-order valence-electron chi connectivity index (χ1n) is 7.61. The van der Waals surface area contributed by atoms with Crippen molar-refractivity contribution in [2.24, 2.45) is 0 Å². The van der Waals surface area contributed by atoms with Crippen molar-refractivity contribution in [3.63, 3.8) is 0 Å². The van der Waals surface area contributed by atoms with E-state index in [1.54, 1.807) is 12.1 Å². The molecule has 0 unspecified atom stereocenters. The Labute approximate surface area is 157 Å². The third-order valence-corrected chi connectivity index (χ3v) is 5.00. The molecule has 2 rings (SSSR count). The standard InChI is InChI=1S/C17H19ClN2O5S/c1-24-9-8-19-17(21)12-4-3-5-14(10-12)26(22,23)20-15-11-13(18)6-7-16(15)25-2/h3-7,10-11,20H,8-9H2,1-2H3,(H,19,21). The monoisotopic (exact) mass is 398 g/mol. The van der Waals surface area contributed by atoms with E-state index >= 15 is 0 Å². The lowest BCUT2D eigenvalue weighted by molar-refractivity contribution is 0.0937. The van der Waals surface area contributed by atoms with Crippen molar-refractivity contribution in [1.82, 2.24) is 5.32 Å². The van der Waals surface area contributed by atoms with Gasteiger partial charge in [0, 0.05) is 24.2 Å². The summed E-state index contributed by atoms with van der Waals surface area (Å²) in [5.41, 5.74) is 0.428. The van der Waals surface area contributed by atoms with Gasteiger partial charge in [-0.25, -0.2) is 8.42 Å². The molecule has 0 bridgehead atoms. The first-order valence-corrected chi connectivity index (χ1v) is 9.47. The third kappa shape index (κ3) is 5.10. The fourth-order valence-corrected chi connectivity index (χ4v) is 3.42. The van der Waals surface area contributed by atoms with Gasteiger partial charge in [0.2, 0.25) is 0 Å². The highest BCUT2D eigenvalue weighted by Crippen LogP contribution is 2.29. The van der Waals surface area contributed by atoms with E-state index in [4.69, 9.17) is 21.1 Å². The lowest BCUT2D eigenvalue weighted by atomic mass is 10.2. The lowest BCUT2D eigenvalue weighted by Gasteiger charge is -2.13. The summed E-state index contributed by atoms with van der Waals surface area (Å²) < 4.78 is 37.7. The van der Waals surface area contributed by atoms with Gasteiger partial charge in [0.05, 0.1) is 24.3 Å². The van der Waals surface area contributed by atoms with Crippen LogP contribution >= 0.6 is 11.6 Å². The Morgan fingerprint density at radius 1 is 1.15 bits per heavy atom. The molecule has 1 amide bonds. The fourth-order valence-electron chi connectivity index (χ4n) is 2.14. The number of methoxy groups -OCH3 is 2. The summed E-state index contributed by atoms with van der Waals surface area (Å²) in [6.07, 6.45) is 0. The van der Waals surface area contributed by atoms with E-state index in [2.05, 4.69) is 10.0 Å². The van der Waals surface area contributed by atoms with Gasteiger partial charge in [-0.1, -0.05) is 17.7 Å². The van der Waals surface area contributed by atoms with Crippen LogP contribution < -0.4 is 14.8 Å². The van der Waals surface area contributed by atoms with Crippen LogP contribution in [0.5, 0.6) is 5.75 Å². The smallest absolute Gasteiger partial charge is 0.262 e. The molecule has 0 aliphatic heterocycles. The first-order chi connectivity index (χ1) is 12.4. The zero-order chi connectivity index (χ0) is 19.2. The van der Waals surface area contributed by atoms with Gasteiger partial charge >= 0.3 is 0 Å². The van der Waals surface area contributed by atoms with Gasteiger partial charge in [-0.15, -0.1) is 0 Å². The summed E-state index contributed by atoms with van der Waals surface area (Å²) in [6.45, 7) is 0.685. The molecule has 0 aromatic heterocycles. The van der Waals surface area contributed by atoms with Gasteiger partial charge in [-0.2, -0.15) is 0 Å². The SMILES string of the molecule is COCCNC(=O)c1cccc(S(=O)(=O)Nc2cc(Cl)ccc2OC)c1. The number of benzene rings is 2. The van der Waals surface area contributed by atoms with Gasteiger partial charge in [0.1, 0.15) is 5.75 Å². The van der Waals surface area contributed by atoms with E-state index in [1.165, 1.54) is 44.6 Å². The van der Waals surface area contributed by atoms with Crippen molar-refractivity contribution in [3.05, 3.63) is 53.1 Å². The predicted molar refractivity (Wildman–Crippen MR) is 99.5 cm³/mol. The maximum atomic E-state index is 12.7. The number of hydrogen-bond donors (Lipinski definition) is 2. The molecule has 140 valence electrons. The average molecular weight is 399 g/mol. The number of sulfonamides is 1. The Bertz CT molecular complexity index is 886. The highest BCUT2D eigenvalue weighted by atomic mass is 35.5. The lowest BCUT2D eigenvalue weighted by Crippen LogP contribution is -2.27. The van der Waals surface area contributed by atoms with Crippen LogP contribution in [0, 0.1) is 0 Å². The number of halogens is 1. The summed E-state index contributed by atoms with van der Waals surface area (Å²) in [5.74, 6) is -0.0640.